The number of carbonyl (C=O) groups is 3. The topological polar surface area (TPSA) is 101 Å². The van der Waals surface area contributed by atoms with Crippen molar-refractivity contribution in [3.8, 4) is 0 Å². The number of carbonyl (C=O) groups excluding carboxylic acids is 3. The predicted molar refractivity (Wildman–Crippen MR) is 117 cm³/mol. The van der Waals surface area contributed by atoms with Gasteiger partial charge in [-0.25, -0.2) is 0 Å². The van der Waals surface area contributed by atoms with E-state index in [0.717, 1.165) is 6.42 Å². The maximum absolute atomic E-state index is 12.1. The maximum Gasteiger partial charge on any atom is 0.242 e. The molecule has 0 aromatic heterocycles. The molecule has 0 saturated carbocycles. The van der Waals surface area contributed by atoms with Gasteiger partial charge in [-0.05, 0) is 19.1 Å². The molecular formula is C21H37NO8S. The number of methoxy groups -OCH3 is 2. The summed E-state index contributed by atoms with van der Waals surface area (Å²) in [6.45, 7) is 3.52. The summed E-state index contributed by atoms with van der Waals surface area (Å²) in [5.74, 6) is -0.299. The second-order valence-corrected chi connectivity index (χ2v) is 8.23. The van der Waals surface area contributed by atoms with Crippen molar-refractivity contribution in [2.75, 3.05) is 73.3 Å². The Balaban J connectivity index is 2.13. The Morgan fingerprint density at radius 3 is 2.32 bits per heavy atom. The van der Waals surface area contributed by atoms with Gasteiger partial charge in [0, 0.05) is 46.6 Å². The van der Waals surface area contributed by atoms with Crippen LogP contribution in [0.2, 0.25) is 0 Å². The molecule has 0 N–H and O–H groups in total. The Morgan fingerprint density at radius 2 is 1.68 bits per heavy atom. The molecule has 0 aliphatic carbocycles. The lowest BCUT2D eigenvalue weighted by Crippen LogP contribution is -2.33. The Labute approximate surface area is 189 Å². The van der Waals surface area contributed by atoms with Crippen molar-refractivity contribution < 1.29 is 38.1 Å². The quantitative estimate of drug-likeness (QED) is 0.195. The highest BCUT2D eigenvalue weighted by molar-refractivity contribution is 8.00. The van der Waals surface area contributed by atoms with Crippen molar-refractivity contribution in [1.29, 1.82) is 0 Å². The molecule has 9 nitrogen and oxygen atoms in total. The van der Waals surface area contributed by atoms with E-state index in [9.17, 15) is 14.4 Å². The Hall–Kier alpha value is -1.04. The zero-order chi connectivity index (χ0) is 22.9. The molecule has 2 unspecified atom stereocenters. The van der Waals surface area contributed by atoms with E-state index in [1.54, 1.807) is 14.2 Å². The summed E-state index contributed by atoms with van der Waals surface area (Å²) in [6.07, 6.45) is 3.95. The number of ether oxygens (including phenoxy) is 5. The molecule has 1 aliphatic heterocycles. The van der Waals surface area contributed by atoms with Gasteiger partial charge in [0.25, 0.3) is 0 Å². The van der Waals surface area contributed by atoms with E-state index in [1.807, 2.05) is 6.26 Å². The SMILES string of the molecule is COCCOCC(COCCCCC(=O)CCN1C(=O)CC(SC)C1=O)OCCOC. The van der Waals surface area contributed by atoms with E-state index in [4.69, 9.17) is 23.7 Å². The van der Waals surface area contributed by atoms with Crippen LogP contribution in [0, 0.1) is 0 Å². The fourth-order valence-corrected chi connectivity index (χ4v) is 3.61. The number of thioether (sulfide) groups is 1. The van der Waals surface area contributed by atoms with Crippen LogP contribution in [0.15, 0.2) is 0 Å². The van der Waals surface area contributed by atoms with Crippen LogP contribution in [0.1, 0.15) is 32.1 Å². The van der Waals surface area contributed by atoms with Gasteiger partial charge in [-0.3, -0.25) is 19.3 Å². The molecule has 2 amide bonds. The summed E-state index contributed by atoms with van der Waals surface area (Å²) in [5, 5.41) is -0.299. The fraction of sp³-hybridized carbons (Fsp3) is 0.857. The lowest BCUT2D eigenvalue weighted by molar-refractivity contribution is -0.138. The third-order valence-corrected chi connectivity index (χ3v) is 5.71. The van der Waals surface area contributed by atoms with Gasteiger partial charge in [0.1, 0.15) is 11.9 Å². The van der Waals surface area contributed by atoms with E-state index in [-0.39, 0.29) is 48.3 Å². The largest absolute Gasteiger partial charge is 0.382 e. The van der Waals surface area contributed by atoms with Crippen molar-refractivity contribution in [1.82, 2.24) is 4.90 Å². The van der Waals surface area contributed by atoms with Crippen LogP contribution < -0.4 is 0 Å². The highest BCUT2D eigenvalue weighted by Gasteiger charge is 2.37. The van der Waals surface area contributed by atoms with Gasteiger partial charge in [0.2, 0.25) is 11.8 Å². The Morgan fingerprint density at radius 1 is 1.00 bits per heavy atom. The Bertz CT molecular complexity index is 534. The van der Waals surface area contributed by atoms with Crippen molar-refractivity contribution in [2.24, 2.45) is 0 Å². The molecular weight excluding hydrogens is 426 g/mol. The first-order valence-corrected chi connectivity index (χ1v) is 12.0. The summed E-state index contributed by atoms with van der Waals surface area (Å²) in [7, 11) is 3.24. The minimum Gasteiger partial charge on any atom is -0.382 e. The number of amides is 2. The second-order valence-electron chi connectivity index (χ2n) is 7.19. The summed E-state index contributed by atoms with van der Waals surface area (Å²) >= 11 is 1.38. The van der Waals surface area contributed by atoms with E-state index in [2.05, 4.69) is 0 Å². The van der Waals surface area contributed by atoms with Crippen molar-refractivity contribution in [2.45, 2.75) is 43.5 Å². The normalized spacial score (nSPS) is 17.5. The summed E-state index contributed by atoms with van der Waals surface area (Å²) < 4.78 is 26.8. The third kappa shape index (κ3) is 12.0. The van der Waals surface area contributed by atoms with Gasteiger partial charge in [0.15, 0.2) is 0 Å². The van der Waals surface area contributed by atoms with Crippen molar-refractivity contribution in [3.63, 3.8) is 0 Å². The van der Waals surface area contributed by atoms with Gasteiger partial charge in [-0.15, -0.1) is 0 Å². The first-order valence-electron chi connectivity index (χ1n) is 10.7. The number of ketones is 1. The molecule has 1 saturated heterocycles. The lowest BCUT2D eigenvalue weighted by atomic mass is 10.1. The molecule has 0 radical (unpaired) electrons. The molecule has 1 fully saturated rings. The van der Waals surface area contributed by atoms with Crippen LogP contribution in [0.5, 0.6) is 0 Å². The van der Waals surface area contributed by atoms with E-state index >= 15 is 0 Å². The van der Waals surface area contributed by atoms with Crippen LogP contribution in [-0.4, -0.2) is 107 Å². The molecule has 31 heavy (non-hydrogen) atoms. The first-order chi connectivity index (χ1) is 15.0. The highest BCUT2D eigenvalue weighted by Crippen LogP contribution is 2.23. The average molecular weight is 464 g/mol. The molecule has 0 bridgehead atoms. The van der Waals surface area contributed by atoms with E-state index in [1.165, 1.54) is 16.7 Å². The van der Waals surface area contributed by atoms with Gasteiger partial charge in [0.05, 0.1) is 44.9 Å². The zero-order valence-corrected chi connectivity index (χ0v) is 19.8. The number of unbranched alkanes of at least 4 members (excludes halogenated alkanes) is 1. The number of nitrogens with zero attached hydrogens (tertiary/aromatic N) is 1. The van der Waals surface area contributed by atoms with Crippen LogP contribution in [0.4, 0.5) is 0 Å². The highest BCUT2D eigenvalue weighted by atomic mass is 32.2. The molecule has 1 rings (SSSR count). The van der Waals surface area contributed by atoms with Crippen molar-refractivity contribution >= 4 is 29.4 Å². The van der Waals surface area contributed by atoms with Crippen LogP contribution in [0.3, 0.4) is 0 Å². The average Bonchev–Trinajstić information content (AvgIpc) is 3.04. The number of likely N-dealkylation sites (tertiary alicyclic amines) is 1. The van der Waals surface area contributed by atoms with Gasteiger partial charge < -0.3 is 23.7 Å². The molecule has 10 heteroatoms. The number of hydrogen-bond donors (Lipinski definition) is 0. The molecule has 180 valence electrons. The molecule has 0 spiro atoms. The Kier molecular flexibility index (Phi) is 15.8. The molecule has 1 heterocycles. The smallest absolute Gasteiger partial charge is 0.242 e. The number of imide groups is 1. The summed E-state index contributed by atoms with van der Waals surface area (Å²) in [6, 6.07) is 0. The summed E-state index contributed by atoms with van der Waals surface area (Å²) in [4.78, 5) is 37.2. The number of Topliss-reactive ketones (excluding diaryl/α,β-unsaturated/α-hetero) is 1. The number of rotatable bonds is 20. The van der Waals surface area contributed by atoms with Gasteiger partial charge >= 0.3 is 0 Å². The molecule has 2 atom stereocenters. The number of hydrogen-bond acceptors (Lipinski definition) is 9. The second kappa shape index (κ2) is 17.5. The lowest BCUT2D eigenvalue weighted by Gasteiger charge is -2.18. The molecule has 1 aliphatic rings. The maximum atomic E-state index is 12.1. The zero-order valence-electron chi connectivity index (χ0n) is 19.0. The van der Waals surface area contributed by atoms with Gasteiger partial charge in [-0.2, -0.15) is 11.8 Å². The van der Waals surface area contributed by atoms with Crippen molar-refractivity contribution in [3.05, 3.63) is 0 Å². The van der Waals surface area contributed by atoms with Crippen LogP contribution >= 0.6 is 11.8 Å². The van der Waals surface area contributed by atoms with Crippen LogP contribution in [-0.2, 0) is 38.1 Å². The monoisotopic (exact) mass is 463 g/mol. The van der Waals surface area contributed by atoms with E-state index in [0.29, 0.717) is 59.1 Å². The minimum atomic E-state index is -0.299. The summed E-state index contributed by atoms with van der Waals surface area (Å²) in [5.41, 5.74) is 0. The first kappa shape index (κ1) is 28.0. The predicted octanol–water partition coefficient (Wildman–Crippen LogP) is 1.32. The fourth-order valence-electron chi connectivity index (χ4n) is 2.97. The molecule has 0 aromatic rings. The minimum absolute atomic E-state index is 0.0560. The van der Waals surface area contributed by atoms with E-state index < -0.39 is 0 Å². The van der Waals surface area contributed by atoms with Gasteiger partial charge in [-0.1, -0.05) is 0 Å². The standard InChI is InChI=1S/C21H37NO8S/c1-26-10-12-29-16-18(30-13-11-27-2)15-28-9-5-4-6-17(23)7-8-22-20(24)14-19(31-3)21(22)25/h18-19H,4-16H2,1-3H3. The van der Waals surface area contributed by atoms with Crippen LogP contribution in [0.25, 0.3) is 0 Å². The third-order valence-electron chi connectivity index (χ3n) is 4.78. The molecule has 0 aromatic carbocycles.